The minimum absolute atomic E-state index is 0.309. The normalized spacial score (nSPS) is 10.6. The summed E-state index contributed by atoms with van der Waals surface area (Å²) in [6.07, 6.45) is -5.08. The van der Waals surface area contributed by atoms with E-state index < -0.39 is 12.1 Å². The van der Waals surface area contributed by atoms with Crippen LogP contribution < -0.4 is 10.6 Å². The van der Waals surface area contributed by atoms with E-state index >= 15 is 0 Å². The van der Waals surface area contributed by atoms with Crippen molar-refractivity contribution in [3.63, 3.8) is 0 Å². The SMILES string of the molecule is Cc1ccc(C)c(CNC(=O)Nc2nc(C)n(C)n2)c1.O=C(O)C(F)(F)F. The van der Waals surface area contributed by atoms with Gasteiger partial charge < -0.3 is 10.4 Å². The minimum Gasteiger partial charge on any atom is -0.475 e. The molecule has 1 aromatic heterocycles. The Morgan fingerprint density at radius 3 is 2.30 bits per heavy atom. The lowest BCUT2D eigenvalue weighted by Gasteiger charge is -2.08. The molecule has 2 aromatic rings. The third-order valence-electron chi connectivity index (χ3n) is 3.39. The van der Waals surface area contributed by atoms with Crippen LogP contribution in [-0.4, -0.2) is 38.0 Å². The molecule has 1 aromatic carbocycles. The summed E-state index contributed by atoms with van der Waals surface area (Å²) in [7, 11) is 1.78. The monoisotopic (exact) mass is 387 g/mol. The maximum absolute atomic E-state index is 11.8. The molecule has 0 fully saturated rings. The Morgan fingerprint density at radius 1 is 1.22 bits per heavy atom. The zero-order chi connectivity index (χ0) is 20.8. The standard InChI is InChI=1S/C14H19N5O.C2HF3O2/c1-9-5-6-10(2)12(7-9)8-15-14(20)17-13-16-11(3)19(4)18-13;3-2(4,5)1(6)7/h5-7H,8H2,1-4H3,(H2,15,17,18,20);(H,6,7). The predicted octanol–water partition coefficient (Wildman–Crippen LogP) is 2.70. The summed E-state index contributed by atoms with van der Waals surface area (Å²) in [5, 5.41) is 16.6. The molecule has 27 heavy (non-hydrogen) atoms. The molecule has 0 spiro atoms. The van der Waals surface area contributed by atoms with Crippen molar-refractivity contribution in [3.8, 4) is 0 Å². The van der Waals surface area contributed by atoms with Crippen molar-refractivity contribution in [1.82, 2.24) is 20.1 Å². The molecule has 8 nitrogen and oxygen atoms in total. The first-order valence-electron chi connectivity index (χ1n) is 7.69. The number of urea groups is 1. The maximum atomic E-state index is 11.8. The molecule has 11 heteroatoms. The number of nitrogens with zero attached hydrogens (tertiary/aromatic N) is 3. The van der Waals surface area contributed by atoms with Crippen LogP contribution in [0.5, 0.6) is 0 Å². The van der Waals surface area contributed by atoms with Gasteiger partial charge in [0.05, 0.1) is 0 Å². The van der Waals surface area contributed by atoms with Gasteiger partial charge in [0.1, 0.15) is 5.82 Å². The second-order valence-electron chi connectivity index (χ2n) is 5.65. The highest BCUT2D eigenvalue weighted by atomic mass is 19.4. The molecule has 1 heterocycles. The first kappa shape index (κ1) is 21.9. The molecule has 148 valence electrons. The molecule has 3 N–H and O–H groups in total. The fraction of sp³-hybridized carbons (Fsp3) is 0.375. The molecule has 0 radical (unpaired) electrons. The minimum atomic E-state index is -5.08. The molecule has 0 saturated heterocycles. The van der Waals surface area contributed by atoms with E-state index in [9.17, 15) is 18.0 Å². The number of amides is 2. The number of halogens is 3. The van der Waals surface area contributed by atoms with Gasteiger partial charge in [-0.15, -0.1) is 5.10 Å². The smallest absolute Gasteiger partial charge is 0.475 e. The number of alkyl halides is 3. The quantitative estimate of drug-likeness (QED) is 0.750. The van der Waals surface area contributed by atoms with E-state index in [1.54, 1.807) is 11.7 Å². The number of aryl methyl sites for hydroxylation is 4. The van der Waals surface area contributed by atoms with E-state index in [4.69, 9.17) is 9.90 Å². The number of nitrogens with one attached hydrogen (secondary N) is 2. The third kappa shape index (κ3) is 7.34. The van der Waals surface area contributed by atoms with Crippen LogP contribution in [0.2, 0.25) is 0 Å². The van der Waals surface area contributed by atoms with Gasteiger partial charge in [-0.2, -0.15) is 18.2 Å². The Balaban J connectivity index is 0.000000445. The Kier molecular flexibility index (Phi) is 7.32. The van der Waals surface area contributed by atoms with E-state index in [-0.39, 0.29) is 6.03 Å². The molecule has 0 unspecified atom stereocenters. The molecule has 0 saturated carbocycles. The van der Waals surface area contributed by atoms with Gasteiger partial charge >= 0.3 is 18.2 Å². The van der Waals surface area contributed by atoms with Crippen molar-refractivity contribution in [2.75, 3.05) is 5.32 Å². The van der Waals surface area contributed by atoms with E-state index in [1.807, 2.05) is 26.8 Å². The van der Waals surface area contributed by atoms with Crippen LogP contribution in [0.4, 0.5) is 23.9 Å². The van der Waals surface area contributed by atoms with Crippen LogP contribution in [0.3, 0.4) is 0 Å². The average molecular weight is 387 g/mol. The fourth-order valence-electron chi connectivity index (χ4n) is 1.83. The predicted molar refractivity (Wildman–Crippen MR) is 91.2 cm³/mol. The number of hydrogen-bond donors (Lipinski definition) is 3. The van der Waals surface area contributed by atoms with Crippen molar-refractivity contribution in [3.05, 3.63) is 40.7 Å². The van der Waals surface area contributed by atoms with Gasteiger partial charge in [0.2, 0.25) is 5.95 Å². The van der Waals surface area contributed by atoms with E-state index in [0.717, 1.165) is 17.0 Å². The second-order valence-corrected chi connectivity index (χ2v) is 5.65. The topological polar surface area (TPSA) is 109 Å². The van der Waals surface area contributed by atoms with Crippen molar-refractivity contribution in [2.24, 2.45) is 7.05 Å². The van der Waals surface area contributed by atoms with Crippen molar-refractivity contribution in [1.29, 1.82) is 0 Å². The van der Waals surface area contributed by atoms with Crippen LogP contribution in [0.1, 0.15) is 22.5 Å². The van der Waals surface area contributed by atoms with Crippen LogP contribution in [0.25, 0.3) is 0 Å². The molecule has 0 aliphatic heterocycles. The highest BCUT2D eigenvalue weighted by molar-refractivity contribution is 5.87. The van der Waals surface area contributed by atoms with Gasteiger partial charge in [-0.1, -0.05) is 23.8 Å². The van der Waals surface area contributed by atoms with Crippen molar-refractivity contribution >= 4 is 17.9 Å². The van der Waals surface area contributed by atoms with Crippen LogP contribution in [0.15, 0.2) is 18.2 Å². The van der Waals surface area contributed by atoms with E-state index in [1.165, 1.54) is 5.56 Å². The summed E-state index contributed by atoms with van der Waals surface area (Å²) >= 11 is 0. The Labute approximate surface area is 153 Å². The number of carbonyl (C=O) groups is 2. The number of aliphatic carboxylic acids is 1. The number of carbonyl (C=O) groups excluding carboxylic acids is 1. The maximum Gasteiger partial charge on any atom is 0.490 e. The van der Waals surface area contributed by atoms with Gasteiger partial charge in [-0.3, -0.25) is 10.00 Å². The molecule has 2 rings (SSSR count). The zero-order valence-electron chi connectivity index (χ0n) is 15.2. The summed E-state index contributed by atoms with van der Waals surface area (Å²) in [5.41, 5.74) is 3.43. The van der Waals surface area contributed by atoms with Crippen LogP contribution >= 0.6 is 0 Å². The number of aromatic nitrogens is 3. The van der Waals surface area contributed by atoms with Gasteiger partial charge in [0.15, 0.2) is 0 Å². The molecule has 0 bridgehead atoms. The molecular formula is C16H20F3N5O3. The van der Waals surface area contributed by atoms with Gasteiger partial charge in [-0.05, 0) is 31.9 Å². The molecule has 2 amide bonds. The fourth-order valence-corrected chi connectivity index (χ4v) is 1.83. The first-order chi connectivity index (χ1) is 12.4. The molecular weight excluding hydrogens is 367 g/mol. The summed E-state index contributed by atoms with van der Waals surface area (Å²) in [6.45, 7) is 6.36. The van der Waals surface area contributed by atoms with Crippen LogP contribution in [-0.2, 0) is 18.4 Å². The summed E-state index contributed by atoms with van der Waals surface area (Å²) in [4.78, 5) is 24.8. The molecule has 0 atom stereocenters. The number of carboxylic acid groups (broad SMARTS) is 1. The largest absolute Gasteiger partial charge is 0.490 e. The zero-order valence-corrected chi connectivity index (χ0v) is 15.2. The van der Waals surface area contributed by atoms with Gasteiger partial charge in [-0.25, -0.2) is 9.59 Å². The Hall–Kier alpha value is -3.11. The number of rotatable bonds is 3. The van der Waals surface area contributed by atoms with Gasteiger partial charge in [0, 0.05) is 13.6 Å². The highest BCUT2D eigenvalue weighted by Crippen LogP contribution is 2.13. The number of anilines is 1. The number of hydrogen-bond acceptors (Lipinski definition) is 4. The number of carboxylic acids is 1. The Morgan fingerprint density at radius 2 is 1.81 bits per heavy atom. The molecule has 0 aliphatic rings. The summed E-state index contributed by atoms with van der Waals surface area (Å²) < 4.78 is 33.3. The highest BCUT2D eigenvalue weighted by Gasteiger charge is 2.38. The second kappa shape index (κ2) is 9.01. The van der Waals surface area contributed by atoms with Crippen molar-refractivity contribution in [2.45, 2.75) is 33.5 Å². The van der Waals surface area contributed by atoms with E-state index in [2.05, 4.69) is 32.8 Å². The first-order valence-corrected chi connectivity index (χ1v) is 7.69. The van der Waals surface area contributed by atoms with Crippen molar-refractivity contribution < 1.29 is 27.9 Å². The third-order valence-corrected chi connectivity index (χ3v) is 3.39. The average Bonchev–Trinajstić information content (AvgIpc) is 2.85. The summed E-state index contributed by atoms with van der Waals surface area (Å²) in [6, 6.07) is 5.86. The van der Waals surface area contributed by atoms with Crippen LogP contribution in [0, 0.1) is 20.8 Å². The lowest BCUT2D eigenvalue weighted by atomic mass is 10.1. The number of benzene rings is 1. The summed E-state index contributed by atoms with van der Waals surface area (Å²) in [5.74, 6) is -1.70. The van der Waals surface area contributed by atoms with E-state index in [0.29, 0.717) is 12.5 Å². The van der Waals surface area contributed by atoms with Gasteiger partial charge in [0.25, 0.3) is 0 Å². The molecule has 0 aliphatic carbocycles. The Bertz CT molecular complexity index is 799. The lowest BCUT2D eigenvalue weighted by molar-refractivity contribution is -0.192. The lowest BCUT2D eigenvalue weighted by Crippen LogP contribution is -2.29.